The molecule has 0 fully saturated rings. The van der Waals surface area contributed by atoms with E-state index in [2.05, 4.69) is 15.1 Å². The maximum absolute atomic E-state index is 10.0. The van der Waals surface area contributed by atoms with Crippen LogP contribution in [0.25, 0.3) is 11.3 Å². The molecule has 2 aromatic carbocycles. The zero-order valence-corrected chi connectivity index (χ0v) is 15.6. The Hall–Kier alpha value is -3.19. The molecule has 0 aliphatic carbocycles. The largest absolute Gasteiger partial charge is 0.504 e. The lowest BCUT2D eigenvalue weighted by Crippen LogP contribution is -2.30. The predicted molar refractivity (Wildman–Crippen MR) is 103 cm³/mol. The molecule has 3 aromatic rings. The third-order valence-electron chi connectivity index (χ3n) is 5.31. The lowest BCUT2D eigenvalue weighted by Gasteiger charge is -2.27. The zero-order chi connectivity index (χ0) is 19.1. The summed E-state index contributed by atoms with van der Waals surface area (Å²) in [4.78, 5) is 2.36. The highest BCUT2D eigenvalue weighted by Gasteiger charge is 2.24. The van der Waals surface area contributed by atoms with Crippen LogP contribution in [0, 0.1) is 0 Å². The molecule has 2 aliphatic rings. The van der Waals surface area contributed by atoms with Crippen LogP contribution < -0.4 is 14.2 Å². The molecule has 28 heavy (non-hydrogen) atoms. The molecule has 0 spiro atoms. The molecule has 0 amide bonds. The Morgan fingerprint density at radius 3 is 2.93 bits per heavy atom. The van der Waals surface area contributed by atoms with Gasteiger partial charge in [0.2, 0.25) is 6.79 Å². The van der Waals surface area contributed by atoms with Crippen LogP contribution in [0.2, 0.25) is 0 Å². The summed E-state index contributed by atoms with van der Waals surface area (Å²) < 4.78 is 16.0. The molecule has 144 valence electrons. The van der Waals surface area contributed by atoms with Gasteiger partial charge < -0.3 is 19.3 Å². The first-order chi connectivity index (χ1) is 13.7. The Balaban J connectivity index is 1.38. The van der Waals surface area contributed by atoms with Gasteiger partial charge in [-0.3, -0.25) is 10.00 Å². The molecule has 0 radical (unpaired) electrons. The lowest BCUT2D eigenvalue weighted by molar-refractivity contribution is 0.174. The molecule has 1 aromatic heterocycles. The second kappa shape index (κ2) is 6.76. The number of hydrogen-bond acceptors (Lipinski definition) is 6. The van der Waals surface area contributed by atoms with Crippen molar-refractivity contribution in [1.29, 1.82) is 0 Å². The number of nitrogens with zero attached hydrogens (tertiary/aromatic N) is 2. The first kappa shape index (κ1) is 16.9. The van der Waals surface area contributed by atoms with E-state index in [1.807, 2.05) is 24.3 Å². The van der Waals surface area contributed by atoms with Gasteiger partial charge in [-0.1, -0.05) is 6.07 Å². The summed E-state index contributed by atoms with van der Waals surface area (Å²) in [6, 6.07) is 11.5. The molecule has 7 nitrogen and oxygen atoms in total. The molecular formula is C21H21N3O4. The summed E-state index contributed by atoms with van der Waals surface area (Å²) in [5.74, 6) is 2.19. The van der Waals surface area contributed by atoms with E-state index in [4.69, 9.17) is 14.2 Å². The van der Waals surface area contributed by atoms with Crippen molar-refractivity contribution in [1.82, 2.24) is 15.1 Å². The Morgan fingerprint density at radius 2 is 2.07 bits per heavy atom. The monoisotopic (exact) mass is 379 g/mol. The van der Waals surface area contributed by atoms with Gasteiger partial charge in [0, 0.05) is 42.9 Å². The van der Waals surface area contributed by atoms with Crippen LogP contribution in [0.1, 0.15) is 16.8 Å². The number of H-pyrrole nitrogens is 1. The number of nitrogens with one attached hydrogen (secondary N) is 1. The average molecular weight is 379 g/mol. The normalized spacial score (nSPS) is 15.5. The van der Waals surface area contributed by atoms with Crippen LogP contribution in [0.15, 0.2) is 36.4 Å². The molecule has 7 heteroatoms. The number of methoxy groups -OCH3 is 1. The third kappa shape index (κ3) is 2.93. The van der Waals surface area contributed by atoms with E-state index < -0.39 is 0 Å². The van der Waals surface area contributed by atoms with Crippen molar-refractivity contribution in [2.24, 2.45) is 0 Å². The summed E-state index contributed by atoms with van der Waals surface area (Å²) in [5, 5.41) is 17.8. The van der Waals surface area contributed by atoms with Gasteiger partial charge in [-0.25, -0.2) is 0 Å². The number of fused-ring (bicyclic) bond motifs is 2. The summed E-state index contributed by atoms with van der Waals surface area (Å²) in [6.45, 7) is 2.74. The summed E-state index contributed by atoms with van der Waals surface area (Å²) >= 11 is 0. The van der Waals surface area contributed by atoms with Crippen molar-refractivity contribution in [3.63, 3.8) is 0 Å². The SMILES string of the molecule is COc1ccc(CN2CCc3[nH]nc(-c4ccc5c(c4)OCO5)c3C2)cc1O. The molecule has 2 aliphatic heterocycles. The quantitative estimate of drug-likeness (QED) is 0.725. The number of benzene rings is 2. The van der Waals surface area contributed by atoms with Gasteiger partial charge in [0.05, 0.1) is 12.8 Å². The van der Waals surface area contributed by atoms with Gasteiger partial charge in [-0.05, 0) is 35.9 Å². The molecule has 0 bridgehead atoms. The van der Waals surface area contributed by atoms with Crippen LogP contribution in [-0.4, -0.2) is 40.7 Å². The maximum atomic E-state index is 10.0. The number of aromatic hydroxyl groups is 1. The van der Waals surface area contributed by atoms with Crippen molar-refractivity contribution in [3.05, 3.63) is 53.2 Å². The van der Waals surface area contributed by atoms with Crippen LogP contribution in [0.3, 0.4) is 0 Å². The van der Waals surface area contributed by atoms with Crippen molar-refractivity contribution in [2.75, 3.05) is 20.4 Å². The van der Waals surface area contributed by atoms with Crippen molar-refractivity contribution >= 4 is 0 Å². The minimum Gasteiger partial charge on any atom is -0.504 e. The van der Waals surface area contributed by atoms with Crippen molar-refractivity contribution in [2.45, 2.75) is 19.5 Å². The van der Waals surface area contributed by atoms with E-state index in [1.54, 1.807) is 19.2 Å². The number of aromatic amines is 1. The predicted octanol–water partition coefficient (Wildman–Crippen LogP) is 3.08. The first-order valence-corrected chi connectivity index (χ1v) is 9.25. The fraction of sp³-hybridized carbons (Fsp3) is 0.286. The standard InChI is InChI=1S/C21H21N3O4/c1-26-18-4-2-13(8-17(18)25)10-24-7-6-16-15(11-24)21(23-22-16)14-3-5-19-20(9-14)28-12-27-19/h2-5,8-9,25H,6-7,10-12H2,1H3,(H,22,23). The lowest BCUT2D eigenvalue weighted by atomic mass is 10.00. The summed E-state index contributed by atoms with van der Waals surface area (Å²) in [6.07, 6.45) is 0.912. The maximum Gasteiger partial charge on any atom is 0.231 e. The van der Waals surface area contributed by atoms with Gasteiger partial charge in [-0.2, -0.15) is 5.10 Å². The fourth-order valence-electron chi connectivity index (χ4n) is 3.86. The highest BCUT2D eigenvalue weighted by Crippen LogP contribution is 2.37. The highest BCUT2D eigenvalue weighted by atomic mass is 16.7. The Kier molecular flexibility index (Phi) is 4.09. The Bertz CT molecular complexity index is 1030. The summed E-state index contributed by atoms with van der Waals surface area (Å²) in [5.41, 5.74) is 5.42. The second-order valence-electron chi connectivity index (χ2n) is 7.06. The molecule has 0 saturated heterocycles. The Labute approximate surface area is 162 Å². The minimum absolute atomic E-state index is 0.169. The smallest absolute Gasteiger partial charge is 0.231 e. The van der Waals surface area contributed by atoms with Gasteiger partial charge in [0.1, 0.15) is 0 Å². The number of phenolic OH excluding ortho intramolecular Hbond substituents is 1. The topological polar surface area (TPSA) is 79.8 Å². The number of phenols is 1. The Morgan fingerprint density at radius 1 is 1.18 bits per heavy atom. The van der Waals surface area contributed by atoms with Crippen molar-refractivity contribution in [3.8, 4) is 34.3 Å². The highest BCUT2D eigenvalue weighted by molar-refractivity contribution is 5.68. The molecule has 2 N–H and O–H groups in total. The zero-order valence-electron chi connectivity index (χ0n) is 15.6. The minimum atomic E-state index is 0.169. The molecule has 5 rings (SSSR count). The number of aromatic nitrogens is 2. The van der Waals surface area contributed by atoms with Gasteiger partial charge in [-0.15, -0.1) is 0 Å². The van der Waals surface area contributed by atoms with Gasteiger partial charge in [0.25, 0.3) is 0 Å². The van der Waals surface area contributed by atoms with E-state index in [-0.39, 0.29) is 12.5 Å². The van der Waals surface area contributed by atoms with E-state index in [0.29, 0.717) is 5.75 Å². The van der Waals surface area contributed by atoms with E-state index in [0.717, 1.165) is 54.4 Å². The van der Waals surface area contributed by atoms with E-state index in [1.165, 1.54) is 11.3 Å². The molecule has 0 unspecified atom stereocenters. The molecular weight excluding hydrogens is 358 g/mol. The van der Waals surface area contributed by atoms with Crippen LogP contribution in [-0.2, 0) is 19.5 Å². The van der Waals surface area contributed by atoms with E-state index in [9.17, 15) is 5.11 Å². The van der Waals surface area contributed by atoms with Gasteiger partial charge >= 0.3 is 0 Å². The first-order valence-electron chi connectivity index (χ1n) is 9.25. The number of hydrogen-bond donors (Lipinski definition) is 2. The molecule has 0 saturated carbocycles. The fourth-order valence-corrected chi connectivity index (χ4v) is 3.86. The summed E-state index contributed by atoms with van der Waals surface area (Å²) in [7, 11) is 1.55. The van der Waals surface area contributed by atoms with Crippen molar-refractivity contribution < 1.29 is 19.3 Å². The third-order valence-corrected chi connectivity index (χ3v) is 5.31. The van der Waals surface area contributed by atoms with Gasteiger partial charge in [0.15, 0.2) is 23.0 Å². The number of ether oxygens (including phenoxy) is 3. The van der Waals surface area contributed by atoms with Crippen LogP contribution in [0.5, 0.6) is 23.0 Å². The van der Waals surface area contributed by atoms with Crippen LogP contribution in [0.4, 0.5) is 0 Å². The average Bonchev–Trinajstić information content (AvgIpc) is 3.34. The number of rotatable bonds is 4. The van der Waals surface area contributed by atoms with Crippen LogP contribution >= 0.6 is 0 Å². The molecule has 0 atom stereocenters. The second-order valence-corrected chi connectivity index (χ2v) is 7.06. The van der Waals surface area contributed by atoms with E-state index >= 15 is 0 Å². The molecule has 3 heterocycles.